The molecule has 34 heavy (non-hydrogen) atoms. The summed E-state index contributed by atoms with van der Waals surface area (Å²) >= 11 is 0. The highest BCUT2D eigenvalue weighted by Gasteiger charge is 2.44. The molecule has 0 radical (unpaired) electrons. The summed E-state index contributed by atoms with van der Waals surface area (Å²) in [6.45, 7) is 14.6. The van der Waals surface area contributed by atoms with Crippen molar-refractivity contribution in [3.63, 3.8) is 0 Å². The second-order valence-corrected chi connectivity index (χ2v) is 13.0. The zero-order valence-electron chi connectivity index (χ0n) is 23.0. The fourth-order valence-corrected chi connectivity index (χ4v) is 7.40. The Morgan fingerprint density at radius 3 is 1.26 bits per heavy atom. The number of aryl methyl sites for hydroxylation is 2. The van der Waals surface area contributed by atoms with E-state index in [0.717, 1.165) is 23.7 Å². The Bertz CT molecular complexity index is 819. The Labute approximate surface area is 211 Å². The predicted octanol–water partition coefficient (Wildman–Crippen LogP) is 10.0. The van der Waals surface area contributed by atoms with Gasteiger partial charge in [0.1, 0.15) is 0 Å². The molecule has 0 N–H and O–H groups in total. The summed E-state index contributed by atoms with van der Waals surface area (Å²) in [6.07, 6.45) is 14.2. The van der Waals surface area contributed by atoms with Crippen LogP contribution < -0.4 is 0 Å². The van der Waals surface area contributed by atoms with Crippen LogP contribution in [0.25, 0.3) is 0 Å². The van der Waals surface area contributed by atoms with Gasteiger partial charge in [0.25, 0.3) is 0 Å². The maximum absolute atomic E-state index is 2.72. The molecule has 0 aliphatic heterocycles. The van der Waals surface area contributed by atoms with Crippen LogP contribution in [0.3, 0.4) is 0 Å². The Hall–Kier alpha value is -1.56. The molecule has 0 nitrogen and oxygen atoms in total. The fourth-order valence-electron chi connectivity index (χ4n) is 7.40. The van der Waals surface area contributed by atoms with Gasteiger partial charge in [0.2, 0.25) is 0 Å². The number of rotatable bonds is 7. The third-order valence-electron chi connectivity index (χ3n) is 10.4. The summed E-state index contributed by atoms with van der Waals surface area (Å²) in [7, 11) is 0. The monoisotopic (exact) mass is 458 g/mol. The Morgan fingerprint density at radius 2 is 0.912 bits per heavy atom. The van der Waals surface area contributed by atoms with E-state index in [-0.39, 0.29) is 5.41 Å². The van der Waals surface area contributed by atoms with E-state index in [1.54, 1.807) is 0 Å². The van der Waals surface area contributed by atoms with Crippen LogP contribution in [0.2, 0.25) is 0 Å². The predicted molar refractivity (Wildman–Crippen MR) is 148 cm³/mol. The van der Waals surface area contributed by atoms with Crippen LogP contribution >= 0.6 is 0 Å². The van der Waals surface area contributed by atoms with Gasteiger partial charge in [0, 0.05) is 5.41 Å². The molecule has 2 aromatic carbocycles. The average molecular weight is 459 g/mol. The zero-order valence-corrected chi connectivity index (χ0v) is 23.0. The number of hydrogen-bond donors (Lipinski definition) is 0. The van der Waals surface area contributed by atoms with Crippen molar-refractivity contribution >= 4 is 0 Å². The quantitative estimate of drug-likeness (QED) is 0.387. The summed E-state index contributed by atoms with van der Waals surface area (Å²) in [5.41, 5.74) is 6.21. The van der Waals surface area contributed by atoms with E-state index in [1.807, 2.05) is 0 Å². The van der Waals surface area contributed by atoms with Gasteiger partial charge in [0.05, 0.1) is 0 Å². The first-order chi connectivity index (χ1) is 16.2. The number of hydrogen-bond acceptors (Lipinski definition) is 0. The standard InChI is InChI=1S/C34H50/c1-25-7-15-29(16-8-25)33(5,30-17-9-26(2)10-18-30)23-24-34(6,31-19-11-27(3)12-20-31)32-21-13-28(4)14-22-32/h7-10,15-18,27-28,31-32H,11-14,19-24H2,1-6H3. The van der Waals surface area contributed by atoms with E-state index < -0.39 is 0 Å². The van der Waals surface area contributed by atoms with Crippen molar-refractivity contribution in [3.05, 3.63) is 70.8 Å². The van der Waals surface area contributed by atoms with Crippen LogP contribution in [-0.4, -0.2) is 0 Å². The molecule has 0 heterocycles. The largest absolute Gasteiger partial charge is 0.0625 e. The summed E-state index contributed by atoms with van der Waals surface area (Å²) < 4.78 is 0. The molecule has 0 amide bonds. The normalized spacial score (nSPS) is 27.8. The van der Waals surface area contributed by atoms with Crippen LogP contribution in [0.4, 0.5) is 0 Å². The third-order valence-corrected chi connectivity index (χ3v) is 10.4. The summed E-state index contributed by atoms with van der Waals surface area (Å²) in [6, 6.07) is 18.8. The van der Waals surface area contributed by atoms with Crippen molar-refractivity contribution in [3.8, 4) is 0 Å². The topological polar surface area (TPSA) is 0 Å². The molecule has 2 fully saturated rings. The lowest BCUT2D eigenvalue weighted by atomic mass is 9.55. The van der Waals surface area contributed by atoms with E-state index in [1.165, 1.54) is 86.5 Å². The maximum Gasteiger partial charge on any atom is 0.0174 e. The smallest absolute Gasteiger partial charge is 0.0174 e. The number of benzene rings is 2. The van der Waals surface area contributed by atoms with E-state index in [9.17, 15) is 0 Å². The molecule has 2 aliphatic rings. The van der Waals surface area contributed by atoms with Gasteiger partial charge < -0.3 is 0 Å². The van der Waals surface area contributed by atoms with Gasteiger partial charge in [0.15, 0.2) is 0 Å². The zero-order chi connectivity index (χ0) is 24.3. The molecule has 0 unspecified atom stereocenters. The Morgan fingerprint density at radius 1 is 0.559 bits per heavy atom. The minimum absolute atomic E-state index is 0.0621. The molecule has 2 aliphatic carbocycles. The van der Waals surface area contributed by atoms with Crippen LogP contribution in [0.15, 0.2) is 48.5 Å². The first-order valence-corrected chi connectivity index (χ1v) is 14.3. The lowest BCUT2D eigenvalue weighted by Crippen LogP contribution is -2.40. The first kappa shape index (κ1) is 25.5. The minimum atomic E-state index is 0.0621. The van der Waals surface area contributed by atoms with E-state index >= 15 is 0 Å². The molecule has 4 rings (SSSR count). The van der Waals surface area contributed by atoms with Crippen LogP contribution in [-0.2, 0) is 5.41 Å². The first-order valence-electron chi connectivity index (χ1n) is 14.3. The minimum Gasteiger partial charge on any atom is -0.0625 e. The third kappa shape index (κ3) is 5.47. The summed E-state index contributed by atoms with van der Waals surface area (Å²) in [5, 5.41) is 0. The summed E-state index contributed by atoms with van der Waals surface area (Å²) in [4.78, 5) is 0. The Kier molecular flexibility index (Phi) is 7.95. The van der Waals surface area contributed by atoms with E-state index in [4.69, 9.17) is 0 Å². The van der Waals surface area contributed by atoms with Crippen molar-refractivity contribution in [1.29, 1.82) is 0 Å². The molecule has 0 atom stereocenters. The molecule has 0 spiro atoms. The molecule has 2 saturated carbocycles. The van der Waals surface area contributed by atoms with Crippen LogP contribution in [0.1, 0.15) is 114 Å². The van der Waals surface area contributed by atoms with Crippen molar-refractivity contribution in [2.24, 2.45) is 29.1 Å². The highest BCUT2D eigenvalue weighted by Crippen LogP contribution is 2.54. The average Bonchev–Trinajstić information content (AvgIpc) is 2.84. The van der Waals surface area contributed by atoms with Gasteiger partial charge in [-0.15, -0.1) is 0 Å². The van der Waals surface area contributed by atoms with Crippen LogP contribution in [0.5, 0.6) is 0 Å². The van der Waals surface area contributed by atoms with E-state index in [2.05, 4.69) is 90.1 Å². The SMILES string of the molecule is Cc1ccc(C(C)(CCC(C)(C2CCC(C)CC2)C2CCC(C)CC2)c2ccc(C)cc2)cc1. The molecule has 2 aromatic rings. The van der Waals surface area contributed by atoms with Crippen molar-refractivity contribution in [2.45, 2.75) is 111 Å². The highest BCUT2D eigenvalue weighted by molar-refractivity contribution is 5.40. The van der Waals surface area contributed by atoms with Crippen molar-refractivity contribution in [1.82, 2.24) is 0 Å². The fraction of sp³-hybridized carbons (Fsp3) is 0.647. The van der Waals surface area contributed by atoms with Gasteiger partial charge in [-0.1, -0.05) is 113 Å². The van der Waals surface area contributed by atoms with E-state index in [0.29, 0.717) is 5.41 Å². The Balaban J connectivity index is 1.65. The molecular formula is C34H50. The van der Waals surface area contributed by atoms with Gasteiger partial charge in [-0.05, 0) is 92.6 Å². The molecule has 0 heteroatoms. The van der Waals surface area contributed by atoms with Gasteiger partial charge in [-0.3, -0.25) is 0 Å². The second kappa shape index (κ2) is 10.6. The maximum atomic E-state index is 2.72. The summed E-state index contributed by atoms with van der Waals surface area (Å²) in [5.74, 6) is 3.67. The molecular weight excluding hydrogens is 408 g/mol. The van der Waals surface area contributed by atoms with Gasteiger partial charge in [-0.25, -0.2) is 0 Å². The lowest BCUT2D eigenvalue weighted by molar-refractivity contribution is 0.0124. The van der Waals surface area contributed by atoms with Crippen LogP contribution in [0, 0.1) is 42.9 Å². The lowest BCUT2D eigenvalue weighted by Gasteiger charge is -2.50. The van der Waals surface area contributed by atoms with Gasteiger partial charge in [-0.2, -0.15) is 0 Å². The highest BCUT2D eigenvalue weighted by atomic mass is 14.5. The molecule has 0 bridgehead atoms. The molecule has 0 aromatic heterocycles. The molecule has 0 saturated heterocycles. The van der Waals surface area contributed by atoms with Crippen molar-refractivity contribution < 1.29 is 0 Å². The molecule has 186 valence electrons. The second-order valence-electron chi connectivity index (χ2n) is 13.0. The van der Waals surface area contributed by atoms with Gasteiger partial charge >= 0.3 is 0 Å². The van der Waals surface area contributed by atoms with Crippen molar-refractivity contribution in [2.75, 3.05) is 0 Å².